The summed E-state index contributed by atoms with van der Waals surface area (Å²) in [5.74, 6) is 0.944. The number of nitrogens with two attached hydrogens (primary N) is 1. The molecule has 1 aliphatic heterocycles. The van der Waals surface area contributed by atoms with Crippen molar-refractivity contribution < 1.29 is 14.3 Å². The molecule has 0 spiro atoms. The predicted molar refractivity (Wildman–Crippen MR) is 127 cm³/mol. The SMILES string of the molecule is COc1cnc2[nH]cc(NC(=O)Oc3cnn(Cc4ccccn4)c3)c2c1N1CCC[C@@H](N)C1. The second-order valence-electron chi connectivity index (χ2n) is 8.16. The molecule has 1 fully saturated rings. The number of piperidine rings is 1. The Morgan fingerprint density at radius 2 is 2.24 bits per heavy atom. The molecule has 0 saturated carbocycles. The van der Waals surface area contributed by atoms with Crippen LogP contribution in [-0.2, 0) is 6.54 Å². The highest BCUT2D eigenvalue weighted by Gasteiger charge is 2.25. The number of hydrogen-bond donors (Lipinski definition) is 3. The molecule has 4 aromatic rings. The van der Waals surface area contributed by atoms with Crippen LogP contribution in [0.15, 0.2) is 49.2 Å². The molecule has 0 bridgehead atoms. The smallest absolute Gasteiger partial charge is 0.417 e. The molecule has 0 aliphatic carbocycles. The fourth-order valence-electron chi connectivity index (χ4n) is 4.22. The van der Waals surface area contributed by atoms with Crippen LogP contribution in [0.1, 0.15) is 18.5 Å². The number of nitrogens with one attached hydrogen (secondary N) is 2. The third kappa shape index (κ3) is 4.50. The Hall–Kier alpha value is -4.12. The van der Waals surface area contributed by atoms with E-state index >= 15 is 0 Å². The van der Waals surface area contributed by atoms with Gasteiger partial charge in [0.1, 0.15) is 5.65 Å². The van der Waals surface area contributed by atoms with Crippen LogP contribution in [0.25, 0.3) is 11.0 Å². The van der Waals surface area contributed by atoms with Crippen LogP contribution >= 0.6 is 0 Å². The van der Waals surface area contributed by atoms with E-state index < -0.39 is 6.09 Å². The summed E-state index contributed by atoms with van der Waals surface area (Å²) in [6, 6.07) is 5.74. The van der Waals surface area contributed by atoms with Gasteiger partial charge in [0, 0.05) is 31.5 Å². The Kier molecular flexibility index (Phi) is 6.00. The average molecular weight is 463 g/mol. The van der Waals surface area contributed by atoms with Crippen molar-refractivity contribution in [3.8, 4) is 11.5 Å². The molecule has 176 valence electrons. The summed E-state index contributed by atoms with van der Waals surface area (Å²) in [4.78, 5) is 26.7. The zero-order valence-corrected chi connectivity index (χ0v) is 18.8. The maximum atomic E-state index is 12.7. The molecule has 11 nitrogen and oxygen atoms in total. The van der Waals surface area contributed by atoms with E-state index in [1.807, 2.05) is 18.2 Å². The van der Waals surface area contributed by atoms with E-state index in [0.717, 1.165) is 36.2 Å². The van der Waals surface area contributed by atoms with Crippen molar-refractivity contribution in [2.75, 3.05) is 30.4 Å². The summed E-state index contributed by atoms with van der Waals surface area (Å²) in [5.41, 5.74) is 9.10. The molecule has 1 saturated heterocycles. The summed E-state index contributed by atoms with van der Waals surface area (Å²) < 4.78 is 12.7. The molecule has 1 atom stereocenters. The van der Waals surface area contributed by atoms with E-state index in [1.54, 1.807) is 36.6 Å². The molecule has 11 heteroatoms. The molecule has 5 heterocycles. The number of H-pyrrole nitrogens is 1. The van der Waals surface area contributed by atoms with E-state index in [4.69, 9.17) is 15.2 Å². The van der Waals surface area contributed by atoms with Gasteiger partial charge in [-0.3, -0.25) is 15.0 Å². The van der Waals surface area contributed by atoms with Gasteiger partial charge in [-0.25, -0.2) is 9.78 Å². The monoisotopic (exact) mass is 462 g/mol. The first-order valence-electron chi connectivity index (χ1n) is 11.1. The molecular weight excluding hydrogens is 436 g/mol. The maximum absolute atomic E-state index is 12.7. The van der Waals surface area contributed by atoms with Crippen LogP contribution in [0, 0.1) is 0 Å². The van der Waals surface area contributed by atoms with E-state index in [1.165, 1.54) is 6.20 Å². The first kappa shape index (κ1) is 21.7. The van der Waals surface area contributed by atoms with E-state index in [-0.39, 0.29) is 6.04 Å². The molecule has 4 N–H and O–H groups in total. The number of rotatable bonds is 6. The highest BCUT2D eigenvalue weighted by Crippen LogP contribution is 2.40. The van der Waals surface area contributed by atoms with Crippen LogP contribution in [0.2, 0.25) is 0 Å². The highest BCUT2D eigenvalue weighted by atomic mass is 16.6. The van der Waals surface area contributed by atoms with Gasteiger partial charge < -0.3 is 25.1 Å². The molecule has 0 aromatic carbocycles. The van der Waals surface area contributed by atoms with Crippen molar-refractivity contribution >= 4 is 28.5 Å². The molecular formula is C23H26N8O3. The second kappa shape index (κ2) is 9.40. The summed E-state index contributed by atoms with van der Waals surface area (Å²) in [6.07, 6.45) is 9.54. The fourth-order valence-corrected chi connectivity index (χ4v) is 4.22. The molecule has 4 aromatic heterocycles. The van der Waals surface area contributed by atoms with Gasteiger partial charge in [-0.2, -0.15) is 5.10 Å². The lowest BCUT2D eigenvalue weighted by atomic mass is 10.0. The fraction of sp³-hybridized carbons (Fsp3) is 0.304. The number of hydrogen-bond acceptors (Lipinski definition) is 8. The minimum atomic E-state index is -0.637. The van der Waals surface area contributed by atoms with Gasteiger partial charge in [0.05, 0.1) is 54.7 Å². The first-order chi connectivity index (χ1) is 16.6. The van der Waals surface area contributed by atoms with Crippen LogP contribution in [-0.4, -0.2) is 57.1 Å². The van der Waals surface area contributed by atoms with Crippen molar-refractivity contribution in [1.82, 2.24) is 24.7 Å². The summed E-state index contributed by atoms with van der Waals surface area (Å²) in [7, 11) is 1.60. The lowest BCUT2D eigenvalue weighted by Crippen LogP contribution is -2.43. The maximum Gasteiger partial charge on any atom is 0.417 e. The zero-order chi connectivity index (χ0) is 23.5. The Labute approximate surface area is 195 Å². The quantitative estimate of drug-likeness (QED) is 0.398. The summed E-state index contributed by atoms with van der Waals surface area (Å²) >= 11 is 0. The second-order valence-corrected chi connectivity index (χ2v) is 8.16. The number of ether oxygens (including phenoxy) is 2. The lowest BCUT2D eigenvalue weighted by Gasteiger charge is -2.34. The summed E-state index contributed by atoms with van der Waals surface area (Å²) in [6.45, 7) is 2.01. The number of methoxy groups -OCH3 is 1. The van der Waals surface area contributed by atoms with Gasteiger partial charge in [-0.05, 0) is 25.0 Å². The molecule has 1 aliphatic rings. The number of aromatic amines is 1. The minimum absolute atomic E-state index is 0.0737. The average Bonchev–Trinajstić information content (AvgIpc) is 3.45. The van der Waals surface area contributed by atoms with Gasteiger partial charge in [-0.15, -0.1) is 0 Å². The number of aromatic nitrogens is 5. The lowest BCUT2D eigenvalue weighted by molar-refractivity contribution is 0.215. The topological polar surface area (TPSA) is 136 Å². The van der Waals surface area contributed by atoms with Crippen molar-refractivity contribution in [2.45, 2.75) is 25.4 Å². The Morgan fingerprint density at radius 1 is 1.32 bits per heavy atom. The van der Waals surface area contributed by atoms with Crippen LogP contribution in [0.3, 0.4) is 0 Å². The molecule has 0 radical (unpaired) electrons. The van der Waals surface area contributed by atoms with E-state index in [0.29, 0.717) is 35.9 Å². The molecule has 34 heavy (non-hydrogen) atoms. The molecule has 5 rings (SSSR count). The Balaban J connectivity index is 1.35. The van der Waals surface area contributed by atoms with Crippen molar-refractivity contribution in [3.05, 3.63) is 54.9 Å². The number of carbonyl (C=O) groups is 1. The first-order valence-corrected chi connectivity index (χ1v) is 11.1. The zero-order valence-electron chi connectivity index (χ0n) is 18.8. The van der Waals surface area contributed by atoms with Gasteiger partial charge >= 0.3 is 6.09 Å². The highest BCUT2D eigenvalue weighted by molar-refractivity contribution is 6.07. The van der Waals surface area contributed by atoms with Crippen molar-refractivity contribution in [2.24, 2.45) is 5.73 Å². The number of carbonyl (C=O) groups excluding carboxylic acids is 1. The largest absolute Gasteiger partial charge is 0.493 e. The standard InChI is InChI=1S/C23H26N8O3/c1-33-19-11-27-22-20(21(19)30-8-4-5-15(24)12-30)18(10-26-22)29-23(32)34-17-9-28-31(14-17)13-16-6-2-3-7-25-16/h2-3,6-7,9-11,14-15H,4-5,8,12-13,24H2,1H3,(H,26,27)(H,29,32)/t15-/m1/s1. The van der Waals surface area contributed by atoms with E-state index in [2.05, 4.69) is 30.3 Å². The number of amides is 1. The number of pyridine rings is 2. The summed E-state index contributed by atoms with van der Waals surface area (Å²) in [5, 5.41) is 7.80. The number of fused-ring (bicyclic) bond motifs is 1. The van der Waals surface area contributed by atoms with Crippen LogP contribution in [0.4, 0.5) is 16.2 Å². The van der Waals surface area contributed by atoms with Crippen molar-refractivity contribution in [3.63, 3.8) is 0 Å². The minimum Gasteiger partial charge on any atom is -0.493 e. The normalized spacial score (nSPS) is 15.9. The van der Waals surface area contributed by atoms with Crippen LogP contribution < -0.4 is 25.4 Å². The predicted octanol–water partition coefficient (Wildman–Crippen LogP) is 2.75. The Bertz CT molecular complexity index is 1290. The molecule has 1 amide bonds. The van der Waals surface area contributed by atoms with Crippen LogP contribution in [0.5, 0.6) is 11.5 Å². The number of nitrogens with zero attached hydrogens (tertiary/aromatic N) is 5. The third-order valence-electron chi connectivity index (χ3n) is 5.74. The Morgan fingerprint density at radius 3 is 3.03 bits per heavy atom. The van der Waals surface area contributed by atoms with E-state index in [9.17, 15) is 4.79 Å². The van der Waals surface area contributed by atoms with Gasteiger partial charge in [0.25, 0.3) is 0 Å². The number of anilines is 2. The molecule has 0 unspecified atom stereocenters. The third-order valence-corrected chi connectivity index (χ3v) is 5.74. The van der Waals surface area contributed by atoms with Gasteiger partial charge in [0.15, 0.2) is 11.5 Å². The van der Waals surface area contributed by atoms with Gasteiger partial charge in [-0.1, -0.05) is 6.07 Å². The van der Waals surface area contributed by atoms with Crippen molar-refractivity contribution in [1.29, 1.82) is 0 Å². The van der Waals surface area contributed by atoms with Gasteiger partial charge in [0.2, 0.25) is 0 Å².